The van der Waals surface area contributed by atoms with E-state index in [1.165, 1.54) is 6.92 Å². The van der Waals surface area contributed by atoms with Crippen LogP contribution >= 0.6 is 11.6 Å². The van der Waals surface area contributed by atoms with E-state index in [0.717, 1.165) is 5.56 Å². The molecule has 0 saturated heterocycles. The van der Waals surface area contributed by atoms with Gasteiger partial charge in [0.25, 0.3) is 0 Å². The standard InChI is InChI=1S/C12H11ClN2O2/c1-8(16)6-12-14-11(15-17-12)7-9-4-2-3-5-10(9)13/h2-5H,6-7H2,1H3. The third-order valence-electron chi connectivity index (χ3n) is 2.22. The molecular weight excluding hydrogens is 240 g/mol. The first-order valence-electron chi connectivity index (χ1n) is 5.19. The SMILES string of the molecule is CC(=O)Cc1nc(Cc2ccccc2Cl)no1. The predicted molar refractivity (Wildman–Crippen MR) is 62.9 cm³/mol. The number of aromatic nitrogens is 2. The van der Waals surface area contributed by atoms with Gasteiger partial charge in [-0.1, -0.05) is 35.0 Å². The van der Waals surface area contributed by atoms with Crippen LogP contribution in [0.4, 0.5) is 0 Å². The molecule has 0 aliphatic heterocycles. The monoisotopic (exact) mass is 250 g/mol. The number of carbonyl (C=O) groups is 1. The van der Waals surface area contributed by atoms with Crippen LogP contribution < -0.4 is 0 Å². The summed E-state index contributed by atoms with van der Waals surface area (Å²) in [6.45, 7) is 1.48. The van der Waals surface area contributed by atoms with E-state index >= 15 is 0 Å². The summed E-state index contributed by atoms with van der Waals surface area (Å²) in [7, 11) is 0. The smallest absolute Gasteiger partial charge is 0.234 e. The number of rotatable bonds is 4. The molecule has 4 nitrogen and oxygen atoms in total. The molecule has 0 aliphatic carbocycles. The summed E-state index contributed by atoms with van der Waals surface area (Å²) in [4.78, 5) is 15.0. The molecule has 1 heterocycles. The lowest BCUT2D eigenvalue weighted by Crippen LogP contribution is -1.97. The van der Waals surface area contributed by atoms with Gasteiger partial charge in [0.2, 0.25) is 5.89 Å². The fourth-order valence-electron chi connectivity index (χ4n) is 1.46. The minimum Gasteiger partial charge on any atom is -0.339 e. The van der Waals surface area contributed by atoms with Crippen LogP contribution in [0.5, 0.6) is 0 Å². The zero-order chi connectivity index (χ0) is 12.3. The van der Waals surface area contributed by atoms with Crippen LogP contribution in [0.15, 0.2) is 28.8 Å². The minimum absolute atomic E-state index is 0.00190. The Balaban J connectivity index is 2.12. The van der Waals surface area contributed by atoms with Crippen molar-refractivity contribution in [3.05, 3.63) is 46.6 Å². The fraction of sp³-hybridized carbons (Fsp3) is 0.250. The summed E-state index contributed by atoms with van der Waals surface area (Å²) >= 11 is 6.02. The quantitative estimate of drug-likeness (QED) is 0.836. The van der Waals surface area contributed by atoms with Gasteiger partial charge in [0, 0.05) is 11.4 Å². The number of nitrogens with zero attached hydrogens (tertiary/aromatic N) is 2. The molecule has 2 rings (SSSR count). The summed E-state index contributed by atoms with van der Waals surface area (Å²) in [5.41, 5.74) is 0.935. The maximum atomic E-state index is 10.9. The number of benzene rings is 1. The van der Waals surface area contributed by atoms with Crippen molar-refractivity contribution in [2.24, 2.45) is 0 Å². The molecule has 1 aromatic carbocycles. The second-order valence-corrected chi connectivity index (χ2v) is 4.16. The van der Waals surface area contributed by atoms with Crippen molar-refractivity contribution in [2.75, 3.05) is 0 Å². The van der Waals surface area contributed by atoms with Crippen molar-refractivity contribution in [3.8, 4) is 0 Å². The summed E-state index contributed by atoms with van der Waals surface area (Å²) in [6.07, 6.45) is 0.677. The Hall–Kier alpha value is -1.68. The number of halogens is 1. The van der Waals surface area contributed by atoms with E-state index in [9.17, 15) is 4.79 Å². The highest BCUT2D eigenvalue weighted by atomic mass is 35.5. The van der Waals surface area contributed by atoms with Crippen LogP contribution in [-0.4, -0.2) is 15.9 Å². The molecule has 17 heavy (non-hydrogen) atoms. The molecule has 0 unspecified atom stereocenters. The second-order valence-electron chi connectivity index (χ2n) is 3.75. The summed E-state index contributed by atoms with van der Waals surface area (Å²) in [5, 5.41) is 4.48. The second kappa shape index (κ2) is 5.10. The minimum atomic E-state index is -0.00190. The van der Waals surface area contributed by atoms with E-state index in [-0.39, 0.29) is 12.2 Å². The lowest BCUT2D eigenvalue weighted by atomic mass is 10.1. The molecule has 0 radical (unpaired) electrons. The van der Waals surface area contributed by atoms with Gasteiger partial charge in [0.05, 0.1) is 6.42 Å². The van der Waals surface area contributed by atoms with E-state index in [4.69, 9.17) is 16.1 Å². The molecule has 1 aromatic heterocycles. The third kappa shape index (κ3) is 3.14. The van der Waals surface area contributed by atoms with Crippen molar-refractivity contribution in [1.82, 2.24) is 10.1 Å². The normalized spacial score (nSPS) is 10.5. The van der Waals surface area contributed by atoms with E-state index < -0.39 is 0 Å². The number of hydrogen-bond donors (Lipinski definition) is 0. The van der Waals surface area contributed by atoms with Gasteiger partial charge < -0.3 is 4.52 Å². The maximum Gasteiger partial charge on any atom is 0.234 e. The van der Waals surface area contributed by atoms with Crippen LogP contribution in [-0.2, 0) is 17.6 Å². The number of carbonyl (C=O) groups excluding carboxylic acids is 1. The molecule has 5 heteroatoms. The van der Waals surface area contributed by atoms with Crippen LogP contribution in [0.3, 0.4) is 0 Å². The van der Waals surface area contributed by atoms with Crippen LogP contribution in [0.1, 0.15) is 24.2 Å². The molecule has 2 aromatic rings. The Kier molecular flexibility index (Phi) is 3.54. The predicted octanol–water partition coefficient (Wildman–Crippen LogP) is 2.45. The first-order chi connectivity index (χ1) is 8.15. The molecule has 0 bridgehead atoms. The highest BCUT2D eigenvalue weighted by Gasteiger charge is 2.10. The Morgan fingerprint density at radius 3 is 2.88 bits per heavy atom. The molecule has 0 amide bonds. The van der Waals surface area contributed by atoms with E-state index in [2.05, 4.69) is 10.1 Å². The van der Waals surface area contributed by atoms with Crippen molar-refractivity contribution in [2.45, 2.75) is 19.8 Å². The Bertz CT molecular complexity index is 537. The lowest BCUT2D eigenvalue weighted by Gasteiger charge is -1.98. The maximum absolute atomic E-state index is 10.9. The first-order valence-corrected chi connectivity index (χ1v) is 5.57. The van der Waals surface area contributed by atoms with Crippen molar-refractivity contribution < 1.29 is 9.32 Å². The largest absolute Gasteiger partial charge is 0.339 e. The summed E-state index contributed by atoms with van der Waals surface area (Å²) in [5.74, 6) is 0.881. The number of ketones is 1. The summed E-state index contributed by atoms with van der Waals surface area (Å²) in [6, 6.07) is 7.48. The molecule has 0 spiro atoms. The number of Topliss-reactive ketones (excluding diaryl/α,β-unsaturated/α-hetero) is 1. The third-order valence-corrected chi connectivity index (χ3v) is 2.59. The van der Waals surface area contributed by atoms with Gasteiger partial charge in [-0.2, -0.15) is 4.98 Å². The zero-order valence-corrected chi connectivity index (χ0v) is 10.1. The van der Waals surface area contributed by atoms with Gasteiger partial charge in [0.1, 0.15) is 5.78 Å². The van der Waals surface area contributed by atoms with Gasteiger partial charge in [0.15, 0.2) is 5.82 Å². The van der Waals surface area contributed by atoms with Gasteiger partial charge in [-0.25, -0.2) is 0 Å². The van der Waals surface area contributed by atoms with Crippen molar-refractivity contribution >= 4 is 17.4 Å². The highest BCUT2D eigenvalue weighted by molar-refractivity contribution is 6.31. The average molecular weight is 251 g/mol. The number of hydrogen-bond acceptors (Lipinski definition) is 4. The Morgan fingerprint density at radius 2 is 2.18 bits per heavy atom. The first kappa shape index (κ1) is 11.8. The molecule has 0 saturated carbocycles. The van der Waals surface area contributed by atoms with Crippen molar-refractivity contribution in [1.29, 1.82) is 0 Å². The van der Waals surface area contributed by atoms with Gasteiger partial charge in [-0.15, -0.1) is 0 Å². The lowest BCUT2D eigenvalue weighted by molar-refractivity contribution is -0.116. The van der Waals surface area contributed by atoms with Gasteiger partial charge in [-0.3, -0.25) is 4.79 Å². The average Bonchev–Trinajstić information content (AvgIpc) is 2.68. The molecule has 0 atom stereocenters. The van der Waals surface area contributed by atoms with E-state index in [0.29, 0.717) is 23.2 Å². The van der Waals surface area contributed by atoms with Gasteiger partial charge in [-0.05, 0) is 18.6 Å². The van der Waals surface area contributed by atoms with Crippen LogP contribution in [0.2, 0.25) is 5.02 Å². The van der Waals surface area contributed by atoms with Crippen molar-refractivity contribution in [3.63, 3.8) is 0 Å². The van der Waals surface area contributed by atoms with E-state index in [1.807, 2.05) is 24.3 Å². The Labute approximate surface area is 104 Å². The van der Waals surface area contributed by atoms with Gasteiger partial charge >= 0.3 is 0 Å². The highest BCUT2D eigenvalue weighted by Crippen LogP contribution is 2.17. The summed E-state index contributed by atoms with van der Waals surface area (Å²) < 4.78 is 4.96. The Morgan fingerprint density at radius 1 is 1.41 bits per heavy atom. The van der Waals surface area contributed by atoms with E-state index in [1.54, 1.807) is 0 Å². The topological polar surface area (TPSA) is 56.0 Å². The molecule has 0 fully saturated rings. The van der Waals surface area contributed by atoms with Crippen LogP contribution in [0, 0.1) is 0 Å². The molecule has 0 N–H and O–H groups in total. The molecular formula is C12H11ClN2O2. The van der Waals surface area contributed by atoms with Crippen LogP contribution in [0.25, 0.3) is 0 Å². The molecule has 88 valence electrons. The fourth-order valence-corrected chi connectivity index (χ4v) is 1.66. The molecule has 0 aliphatic rings. The zero-order valence-electron chi connectivity index (χ0n) is 9.31.